The summed E-state index contributed by atoms with van der Waals surface area (Å²) >= 11 is 0. The van der Waals surface area contributed by atoms with Crippen LogP contribution in [0.1, 0.15) is 26.7 Å². The van der Waals surface area contributed by atoms with E-state index in [0.717, 1.165) is 32.6 Å². The van der Waals surface area contributed by atoms with Gasteiger partial charge in [0.15, 0.2) is 0 Å². The molecule has 1 heterocycles. The van der Waals surface area contributed by atoms with Crippen molar-refractivity contribution in [1.29, 1.82) is 0 Å². The van der Waals surface area contributed by atoms with Gasteiger partial charge in [0.1, 0.15) is 0 Å². The lowest BCUT2D eigenvalue weighted by atomic mass is 9.95. The van der Waals surface area contributed by atoms with Gasteiger partial charge >= 0.3 is 0 Å². The first-order chi connectivity index (χ1) is 6.74. The van der Waals surface area contributed by atoms with Gasteiger partial charge < -0.3 is 14.8 Å². The Bertz CT molecular complexity index is 150. The summed E-state index contributed by atoms with van der Waals surface area (Å²) in [5.41, 5.74) is 0. The minimum Gasteiger partial charge on any atom is -0.383 e. The van der Waals surface area contributed by atoms with Crippen molar-refractivity contribution in [3.05, 3.63) is 0 Å². The van der Waals surface area contributed by atoms with Gasteiger partial charge in [0.05, 0.1) is 12.7 Å². The SMILES string of the molecule is COCCNC1CCOC(C(C)C)C1. The number of hydrogen-bond donors (Lipinski definition) is 1. The van der Waals surface area contributed by atoms with E-state index >= 15 is 0 Å². The molecule has 0 aromatic rings. The van der Waals surface area contributed by atoms with Crippen LogP contribution in [-0.4, -0.2) is 39.0 Å². The summed E-state index contributed by atoms with van der Waals surface area (Å²) < 4.78 is 10.7. The third kappa shape index (κ3) is 3.95. The molecule has 1 aliphatic rings. The van der Waals surface area contributed by atoms with Crippen LogP contribution in [0.15, 0.2) is 0 Å². The van der Waals surface area contributed by atoms with Crippen molar-refractivity contribution in [2.75, 3.05) is 26.9 Å². The maximum absolute atomic E-state index is 5.70. The standard InChI is InChI=1S/C11H23NO2/c1-9(2)11-8-10(4-6-14-11)12-5-7-13-3/h9-12H,4-8H2,1-3H3. The highest BCUT2D eigenvalue weighted by molar-refractivity contribution is 4.78. The fraction of sp³-hybridized carbons (Fsp3) is 1.00. The van der Waals surface area contributed by atoms with E-state index in [1.165, 1.54) is 0 Å². The van der Waals surface area contributed by atoms with Crippen LogP contribution in [0.25, 0.3) is 0 Å². The Kier molecular flexibility index (Phi) is 5.45. The zero-order valence-corrected chi connectivity index (χ0v) is 9.58. The van der Waals surface area contributed by atoms with Crippen molar-refractivity contribution in [2.45, 2.75) is 38.8 Å². The molecule has 0 spiro atoms. The van der Waals surface area contributed by atoms with Crippen LogP contribution in [0.3, 0.4) is 0 Å². The van der Waals surface area contributed by atoms with Gasteiger partial charge in [0.25, 0.3) is 0 Å². The van der Waals surface area contributed by atoms with E-state index in [2.05, 4.69) is 19.2 Å². The first-order valence-electron chi connectivity index (χ1n) is 5.58. The Hall–Kier alpha value is -0.120. The van der Waals surface area contributed by atoms with Gasteiger partial charge in [-0.05, 0) is 18.8 Å². The van der Waals surface area contributed by atoms with Crippen LogP contribution in [0.2, 0.25) is 0 Å². The summed E-state index contributed by atoms with van der Waals surface area (Å²) in [6.45, 7) is 7.09. The Labute approximate surface area is 87.2 Å². The number of rotatable bonds is 5. The Morgan fingerprint density at radius 3 is 2.93 bits per heavy atom. The first kappa shape index (κ1) is 12.0. The second-order valence-corrected chi connectivity index (χ2v) is 4.32. The molecule has 1 aliphatic heterocycles. The number of hydrogen-bond acceptors (Lipinski definition) is 3. The highest BCUT2D eigenvalue weighted by Gasteiger charge is 2.24. The lowest BCUT2D eigenvalue weighted by Crippen LogP contribution is -2.41. The van der Waals surface area contributed by atoms with Crippen molar-refractivity contribution < 1.29 is 9.47 Å². The highest BCUT2D eigenvalue weighted by Crippen LogP contribution is 2.19. The maximum Gasteiger partial charge on any atom is 0.0612 e. The largest absolute Gasteiger partial charge is 0.383 e. The summed E-state index contributed by atoms with van der Waals surface area (Å²) in [4.78, 5) is 0. The van der Waals surface area contributed by atoms with Gasteiger partial charge in [-0.15, -0.1) is 0 Å². The van der Waals surface area contributed by atoms with E-state index in [1.807, 2.05) is 0 Å². The number of methoxy groups -OCH3 is 1. The van der Waals surface area contributed by atoms with Crippen molar-refractivity contribution in [1.82, 2.24) is 5.32 Å². The molecule has 0 radical (unpaired) electrons. The molecule has 0 aromatic carbocycles. The van der Waals surface area contributed by atoms with Crippen LogP contribution in [0, 0.1) is 5.92 Å². The van der Waals surface area contributed by atoms with E-state index in [0.29, 0.717) is 18.1 Å². The molecule has 14 heavy (non-hydrogen) atoms. The van der Waals surface area contributed by atoms with Gasteiger partial charge in [-0.25, -0.2) is 0 Å². The van der Waals surface area contributed by atoms with Gasteiger partial charge in [-0.2, -0.15) is 0 Å². The van der Waals surface area contributed by atoms with E-state index in [4.69, 9.17) is 9.47 Å². The average molecular weight is 201 g/mol. The minimum absolute atomic E-state index is 0.434. The number of ether oxygens (including phenoxy) is 2. The Morgan fingerprint density at radius 1 is 1.50 bits per heavy atom. The molecular formula is C11H23NO2. The molecule has 2 unspecified atom stereocenters. The minimum atomic E-state index is 0.434. The summed E-state index contributed by atoms with van der Waals surface area (Å²) in [5, 5.41) is 3.50. The maximum atomic E-state index is 5.70. The number of nitrogens with one attached hydrogen (secondary N) is 1. The van der Waals surface area contributed by atoms with Crippen LogP contribution >= 0.6 is 0 Å². The third-order valence-electron chi connectivity index (χ3n) is 2.80. The smallest absolute Gasteiger partial charge is 0.0612 e. The van der Waals surface area contributed by atoms with Gasteiger partial charge in [0, 0.05) is 26.3 Å². The van der Waals surface area contributed by atoms with Gasteiger partial charge in [-0.1, -0.05) is 13.8 Å². The molecule has 0 bridgehead atoms. The fourth-order valence-electron chi connectivity index (χ4n) is 1.84. The van der Waals surface area contributed by atoms with E-state index in [9.17, 15) is 0 Å². The molecule has 1 saturated heterocycles. The molecule has 2 atom stereocenters. The van der Waals surface area contributed by atoms with Crippen molar-refractivity contribution in [2.24, 2.45) is 5.92 Å². The summed E-state index contributed by atoms with van der Waals surface area (Å²) in [7, 11) is 1.74. The van der Waals surface area contributed by atoms with E-state index in [1.54, 1.807) is 7.11 Å². The zero-order chi connectivity index (χ0) is 10.4. The lowest BCUT2D eigenvalue weighted by Gasteiger charge is -2.32. The predicted molar refractivity (Wildman–Crippen MR) is 57.5 cm³/mol. The fourth-order valence-corrected chi connectivity index (χ4v) is 1.84. The molecule has 0 aromatic heterocycles. The average Bonchev–Trinajstić information content (AvgIpc) is 2.19. The molecule has 0 aliphatic carbocycles. The quantitative estimate of drug-likeness (QED) is 0.683. The molecule has 3 nitrogen and oxygen atoms in total. The van der Waals surface area contributed by atoms with Crippen LogP contribution in [-0.2, 0) is 9.47 Å². The molecule has 1 rings (SSSR count). The summed E-state index contributed by atoms with van der Waals surface area (Å²) in [6.07, 6.45) is 2.71. The molecular weight excluding hydrogens is 178 g/mol. The second-order valence-electron chi connectivity index (χ2n) is 4.32. The molecule has 1 N–H and O–H groups in total. The van der Waals surface area contributed by atoms with Crippen molar-refractivity contribution in [3.63, 3.8) is 0 Å². The van der Waals surface area contributed by atoms with Crippen molar-refractivity contribution >= 4 is 0 Å². The third-order valence-corrected chi connectivity index (χ3v) is 2.80. The highest BCUT2D eigenvalue weighted by atomic mass is 16.5. The molecule has 0 amide bonds. The zero-order valence-electron chi connectivity index (χ0n) is 9.58. The van der Waals surface area contributed by atoms with E-state index in [-0.39, 0.29) is 0 Å². The first-order valence-corrected chi connectivity index (χ1v) is 5.58. The van der Waals surface area contributed by atoms with Gasteiger partial charge in [0.2, 0.25) is 0 Å². The molecule has 1 fully saturated rings. The Balaban J connectivity index is 2.19. The molecule has 84 valence electrons. The topological polar surface area (TPSA) is 30.5 Å². The van der Waals surface area contributed by atoms with Crippen LogP contribution in [0.5, 0.6) is 0 Å². The molecule has 0 saturated carbocycles. The summed E-state index contributed by atoms with van der Waals surface area (Å²) in [5.74, 6) is 0.627. The van der Waals surface area contributed by atoms with E-state index < -0.39 is 0 Å². The normalized spacial score (nSPS) is 28.3. The second kappa shape index (κ2) is 6.38. The lowest BCUT2D eigenvalue weighted by molar-refractivity contribution is -0.0249. The Morgan fingerprint density at radius 2 is 2.29 bits per heavy atom. The van der Waals surface area contributed by atoms with Crippen LogP contribution < -0.4 is 5.32 Å². The van der Waals surface area contributed by atoms with Crippen LogP contribution in [0.4, 0.5) is 0 Å². The monoisotopic (exact) mass is 201 g/mol. The molecule has 3 heteroatoms. The summed E-state index contributed by atoms with van der Waals surface area (Å²) in [6, 6.07) is 0.617. The predicted octanol–water partition coefficient (Wildman–Crippen LogP) is 1.43. The van der Waals surface area contributed by atoms with Crippen molar-refractivity contribution in [3.8, 4) is 0 Å². The van der Waals surface area contributed by atoms with Gasteiger partial charge in [-0.3, -0.25) is 0 Å².